The molecule has 0 saturated heterocycles. The summed E-state index contributed by atoms with van der Waals surface area (Å²) in [6, 6.07) is 0. The topological polar surface area (TPSA) is 17.1 Å². The molecule has 0 spiro atoms. The molecule has 1 aliphatic carbocycles. The van der Waals surface area contributed by atoms with E-state index < -0.39 is 0 Å². The number of carbonyl (C=O) groups is 1. The molecule has 2 heteroatoms. The van der Waals surface area contributed by atoms with Crippen molar-refractivity contribution in [2.45, 2.75) is 52.4 Å². The highest BCUT2D eigenvalue weighted by atomic mass is 32.1. The van der Waals surface area contributed by atoms with Gasteiger partial charge in [-0.2, -0.15) is 0 Å². The van der Waals surface area contributed by atoms with Crippen LogP contribution in [0.5, 0.6) is 0 Å². The van der Waals surface area contributed by atoms with Gasteiger partial charge in [-0.1, -0.05) is 31.8 Å². The van der Waals surface area contributed by atoms with Crippen molar-refractivity contribution in [2.24, 2.45) is 5.92 Å². The smallest absolute Gasteiger partial charge is 0.211 e. The Morgan fingerprint density at radius 1 is 1.29 bits per heavy atom. The first-order valence-corrected chi connectivity index (χ1v) is 6.04. The van der Waals surface area contributed by atoms with E-state index in [1.165, 1.54) is 37.7 Å². The van der Waals surface area contributed by atoms with E-state index >= 15 is 0 Å². The number of hydrogen-bond donors (Lipinski definition) is 1. The van der Waals surface area contributed by atoms with Crippen LogP contribution in [0.15, 0.2) is 11.1 Å². The summed E-state index contributed by atoms with van der Waals surface area (Å²) in [5, 5.41) is -0.0487. The van der Waals surface area contributed by atoms with Gasteiger partial charge in [0, 0.05) is 5.57 Å². The summed E-state index contributed by atoms with van der Waals surface area (Å²) >= 11 is 3.91. The van der Waals surface area contributed by atoms with Gasteiger partial charge in [-0.15, -0.1) is 12.6 Å². The maximum atomic E-state index is 11.2. The summed E-state index contributed by atoms with van der Waals surface area (Å²) in [6.45, 7) is 4.06. The van der Waals surface area contributed by atoms with Crippen LogP contribution in [0.1, 0.15) is 52.4 Å². The molecule has 0 radical (unpaired) electrons. The molecule has 1 saturated carbocycles. The third-order valence-electron chi connectivity index (χ3n) is 3.28. The summed E-state index contributed by atoms with van der Waals surface area (Å²) in [6.07, 6.45) is 7.54. The van der Waals surface area contributed by atoms with Crippen LogP contribution in [0.2, 0.25) is 0 Å². The molecule has 0 atom stereocenters. The zero-order valence-corrected chi connectivity index (χ0v) is 10.1. The van der Waals surface area contributed by atoms with Crippen molar-refractivity contribution in [3.63, 3.8) is 0 Å². The van der Waals surface area contributed by atoms with Gasteiger partial charge in [-0.25, -0.2) is 0 Å². The summed E-state index contributed by atoms with van der Waals surface area (Å²) in [4.78, 5) is 11.2. The number of carbonyl (C=O) groups excluding carboxylic acids is 1. The van der Waals surface area contributed by atoms with Gasteiger partial charge >= 0.3 is 0 Å². The fourth-order valence-corrected chi connectivity index (χ4v) is 2.59. The quantitative estimate of drug-likeness (QED) is 0.557. The second-order valence-corrected chi connectivity index (χ2v) is 4.55. The normalized spacial score (nSPS) is 20.5. The first-order chi connectivity index (χ1) is 6.66. The van der Waals surface area contributed by atoms with Crippen LogP contribution < -0.4 is 0 Å². The van der Waals surface area contributed by atoms with E-state index in [1.54, 1.807) is 0 Å². The molecule has 1 fully saturated rings. The molecular weight excluding hydrogens is 192 g/mol. The van der Waals surface area contributed by atoms with Crippen molar-refractivity contribution in [3.8, 4) is 0 Å². The molecule has 0 N–H and O–H groups in total. The third-order valence-corrected chi connectivity index (χ3v) is 3.62. The highest BCUT2D eigenvalue weighted by molar-refractivity contribution is 7.97. The average Bonchev–Trinajstić information content (AvgIpc) is 2.20. The Morgan fingerprint density at radius 2 is 1.86 bits per heavy atom. The Kier molecular flexibility index (Phi) is 4.73. The summed E-state index contributed by atoms with van der Waals surface area (Å²) in [7, 11) is 0. The first-order valence-electron chi connectivity index (χ1n) is 5.59. The molecule has 0 aliphatic heterocycles. The average molecular weight is 212 g/mol. The minimum absolute atomic E-state index is 0.0487. The summed E-state index contributed by atoms with van der Waals surface area (Å²) in [5.74, 6) is 0.657. The fourth-order valence-electron chi connectivity index (χ4n) is 2.45. The molecular formula is C12H20OS. The van der Waals surface area contributed by atoms with Gasteiger partial charge in [0.2, 0.25) is 5.12 Å². The van der Waals surface area contributed by atoms with Gasteiger partial charge in [0.25, 0.3) is 0 Å². The lowest BCUT2D eigenvalue weighted by Crippen LogP contribution is -2.12. The van der Waals surface area contributed by atoms with Crippen molar-refractivity contribution in [3.05, 3.63) is 11.1 Å². The predicted molar refractivity (Wildman–Crippen MR) is 63.6 cm³/mol. The van der Waals surface area contributed by atoms with Crippen LogP contribution in [-0.2, 0) is 4.79 Å². The zero-order valence-electron chi connectivity index (χ0n) is 9.18. The number of thiol groups is 1. The SMILES string of the molecule is CC/C(=C(\C)C(=O)S)C1CCCCC1. The highest BCUT2D eigenvalue weighted by Crippen LogP contribution is 2.33. The molecule has 0 bridgehead atoms. The molecule has 1 rings (SSSR count). The molecule has 0 aromatic rings. The Bertz CT molecular complexity index is 237. The molecule has 1 nitrogen and oxygen atoms in total. The molecule has 1 aliphatic rings. The number of hydrogen-bond acceptors (Lipinski definition) is 1. The van der Waals surface area contributed by atoms with Gasteiger partial charge in [0.05, 0.1) is 0 Å². The van der Waals surface area contributed by atoms with Crippen LogP contribution in [0.4, 0.5) is 0 Å². The lowest BCUT2D eigenvalue weighted by molar-refractivity contribution is -0.107. The molecule has 0 aromatic carbocycles. The molecule has 0 unspecified atom stereocenters. The summed E-state index contributed by atoms with van der Waals surface area (Å²) < 4.78 is 0. The highest BCUT2D eigenvalue weighted by Gasteiger charge is 2.19. The van der Waals surface area contributed by atoms with E-state index in [0.29, 0.717) is 5.92 Å². The van der Waals surface area contributed by atoms with Crippen molar-refractivity contribution in [1.82, 2.24) is 0 Å². The van der Waals surface area contributed by atoms with Crippen LogP contribution in [0.3, 0.4) is 0 Å². The largest absolute Gasteiger partial charge is 0.282 e. The van der Waals surface area contributed by atoms with Gasteiger partial charge < -0.3 is 0 Å². The van der Waals surface area contributed by atoms with Crippen LogP contribution in [0.25, 0.3) is 0 Å². The van der Waals surface area contributed by atoms with E-state index in [4.69, 9.17) is 0 Å². The first kappa shape index (κ1) is 11.8. The maximum Gasteiger partial charge on any atom is 0.211 e. The molecule has 80 valence electrons. The van der Waals surface area contributed by atoms with Gasteiger partial charge in [-0.05, 0) is 32.1 Å². The van der Waals surface area contributed by atoms with Crippen LogP contribution >= 0.6 is 12.6 Å². The molecule has 0 heterocycles. The maximum absolute atomic E-state index is 11.2. The van der Waals surface area contributed by atoms with E-state index in [1.807, 2.05) is 6.92 Å². The van der Waals surface area contributed by atoms with Crippen molar-refractivity contribution in [1.29, 1.82) is 0 Å². The van der Waals surface area contributed by atoms with Gasteiger partial charge in [0.1, 0.15) is 0 Å². The lowest BCUT2D eigenvalue weighted by Gasteiger charge is -2.25. The molecule has 0 aromatic heterocycles. The minimum atomic E-state index is -0.0487. The Balaban J connectivity index is 2.78. The van der Waals surface area contributed by atoms with Crippen LogP contribution in [0, 0.1) is 5.92 Å². The number of allylic oxidation sites excluding steroid dienone is 1. The molecule has 14 heavy (non-hydrogen) atoms. The van der Waals surface area contributed by atoms with Crippen molar-refractivity contribution < 1.29 is 4.79 Å². The van der Waals surface area contributed by atoms with Gasteiger partial charge in [-0.3, -0.25) is 4.79 Å². The van der Waals surface area contributed by atoms with E-state index in [9.17, 15) is 4.79 Å². The summed E-state index contributed by atoms with van der Waals surface area (Å²) in [5.41, 5.74) is 2.24. The van der Waals surface area contributed by atoms with Crippen molar-refractivity contribution in [2.75, 3.05) is 0 Å². The van der Waals surface area contributed by atoms with Crippen molar-refractivity contribution >= 4 is 17.7 Å². The zero-order chi connectivity index (χ0) is 10.6. The second-order valence-electron chi connectivity index (χ2n) is 4.14. The molecule has 0 amide bonds. The monoisotopic (exact) mass is 212 g/mol. The predicted octanol–water partition coefficient (Wildman–Crippen LogP) is 3.75. The Labute approximate surface area is 92.4 Å². The Morgan fingerprint density at radius 3 is 2.29 bits per heavy atom. The lowest BCUT2D eigenvalue weighted by atomic mass is 9.81. The van der Waals surface area contributed by atoms with Gasteiger partial charge in [0.15, 0.2) is 0 Å². The van der Waals surface area contributed by atoms with E-state index in [-0.39, 0.29) is 5.12 Å². The fraction of sp³-hybridized carbons (Fsp3) is 0.750. The number of rotatable bonds is 3. The van der Waals surface area contributed by atoms with E-state index in [0.717, 1.165) is 12.0 Å². The second kappa shape index (κ2) is 5.59. The standard InChI is InChI=1S/C12H20OS/c1-3-11(9(2)12(13)14)10-7-5-4-6-8-10/h10H,3-8H2,1-2H3,(H,13,14)/b11-9-. The van der Waals surface area contributed by atoms with E-state index in [2.05, 4.69) is 19.6 Å². The minimum Gasteiger partial charge on any atom is -0.282 e. The Hall–Kier alpha value is -0.240. The third kappa shape index (κ3) is 2.88. The van der Waals surface area contributed by atoms with Crippen LogP contribution in [-0.4, -0.2) is 5.12 Å².